The average Bonchev–Trinajstić information content (AvgIpc) is 3.30. The van der Waals surface area contributed by atoms with Crippen molar-refractivity contribution in [3.63, 3.8) is 0 Å². The summed E-state index contributed by atoms with van der Waals surface area (Å²) in [7, 11) is -3.86. The van der Waals surface area contributed by atoms with Gasteiger partial charge in [-0.2, -0.15) is 0 Å². The lowest BCUT2D eigenvalue weighted by molar-refractivity contribution is 0.0206. The Labute approximate surface area is 232 Å². The number of halogens is 1. The lowest BCUT2D eigenvalue weighted by atomic mass is 10.1. The van der Waals surface area contributed by atoms with Crippen LogP contribution in [0.2, 0.25) is 5.02 Å². The number of benzene rings is 2. The summed E-state index contributed by atoms with van der Waals surface area (Å²) in [6.07, 6.45) is 4.34. The fourth-order valence-corrected chi connectivity index (χ4v) is 6.22. The van der Waals surface area contributed by atoms with Gasteiger partial charge in [0.05, 0.1) is 27.3 Å². The average molecular weight is 568 g/mol. The molecule has 9 nitrogen and oxygen atoms in total. The van der Waals surface area contributed by atoms with E-state index in [0.717, 1.165) is 12.8 Å². The number of para-hydroxylation sites is 1. The Bertz CT molecular complexity index is 1620. The van der Waals surface area contributed by atoms with Crippen LogP contribution in [0.3, 0.4) is 0 Å². The molecule has 1 aliphatic heterocycles. The molecule has 0 radical (unpaired) electrons. The van der Waals surface area contributed by atoms with E-state index >= 15 is 0 Å². The maximum Gasteiger partial charge on any atom is 0.410 e. The first-order valence-electron chi connectivity index (χ1n) is 12.7. The lowest BCUT2D eigenvalue weighted by Gasteiger charge is -2.34. The van der Waals surface area contributed by atoms with Crippen molar-refractivity contribution in [2.24, 2.45) is 0 Å². The number of fused-ring (bicyclic) bond motifs is 1. The Morgan fingerprint density at radius 1 is 1.10 bits per heavy atom. The number of nitrogens with zero attached hydrogens (tertiary/aromatic N) is 4. The molecule has 0 bridgehead atoms. The van der Waals surface area contributed by atoms with Crippen LogP contribution in [0.1, 0.15) is 33.6 Å². The van der Waals surface area contributed by atoms with E-state index in [0.29, 0.717) is 46.2 Å². The van der Waals surface area contributed by atoms with Crippen LogP contribution in [0.25, 0.3) is 22.2 Å². The van der Waals surface area contributed by atoms with Crippen LogP contribution in [0.15, 0.2) is 71.9 Å². The maximum atomic E-state index is 13.5. The molecule has 0 spiro atoms. The first-order valence-corrected chi connectivity index (χ1v) is 14.5. The number of likely N-dealkylation sites (tertiary alicyclic amines) is 1. The molecule has 1 unspecified atom stereocenters. The van der Waals surface area contributed by atoms with Gasteiger partial charge < -0.3 is 15.0 Å². The van der Waals surface area contributed by atoms with E-state index in [1.165, 1.54) is 10.2 Å². The summed E-state index contributed by atoms with van der Waals surface area (Å²) >= 11 is 6.56. The number of hydrogen-bond donors (Lipinski definition) is 1. The number of nitrogens with one attached hydrogen (secondary N) is 1. The highest BCUT2D eigenvalue weighted by Gasteiger charge is 2.28. The third-order valence-electron chi connectivity index (χ3n) is 6.38. The molecule has 3 heterocycles. The molecule has 1 fully saturated rings. The maximum absolute atomic E-state index is 13.5. The van der Waals surface area contributed by atoms with Gasteiger partial charge in [0.25, 0.3) is 10.0 Å². The van der Waals surface area contributed by atoms with Gasteiger partial charge in [0.2, 0.25) is 5.95 Å². The predicted molar refractivity (Wildman–Crippen MR) is 151 cm³/mol. The molecule has 39 heavy (non-hydrogen) atoms. The van der Waals surface area contributed by atoms with Gasteiger partial charge in [0.15, 0.2) is 0 Å². The molecule has 1 aliphatic rings. The fraction of sp³-hybridized carbons (Fsp3) is 0.321. The monoisotopic (exact) mass is 567 g/mol. The van der Waals surface area contributed by atoms with Crippen molar-refractivity contribution in [3.05, 3.63) is 72.0 Å². The van der Waals surface area contributed by atoms with Gasteiger partial charge in [-0.1, -0.05) is 48.0 Å². The topological polar surface area (TPSA) is 106 Å². The normalized spacial score (nSPS) is 16.3. The van der Waals surface area contributed by atoms with Crippen LogP contribution in [-0.4, -0.2) is 58.1 Å². The Hall–Kier alpha value is -3.63. The number of anilines is 1. The van der Waals surface area contributed by atoms with Crippen LogP contribution in [-0.2, 0) is 14.8 Å². The van der Waals surface area contributed by atoms with Crippen LogP contribution in [0, 0.1) is 0 Å². The van der Waals surface area contributed by atoms with E-state index < -0.39 is 15.6 Å². The van der Waals surface area contributed by atoms with E-state index in [1.807, 2.05) is 32.9 Å². The molecule has 1 atom stereocenters. The number of ether oxygens (including phenoxy) is 1. The van der Waals surface area contributed by atoms with Crippen LogP contribution in [0.4, 0.5) is 10.7 Å². The van der Waals surface area contributed by atoms with Gasteiger partial charge in [0.1, 0.15) is 5.60 Å². The zero-order chi connectivity index (χ0) is 27.8. The molecule has 5 rings (SSSR count). The molecule has 0 saturated carbocycles. The molecular weight excluding hydrogens is 538 g/mol. The second kappa shape index (κ2) is 10.5. The van der Waals surface area contributed by atoms with Crippen molar-refractivity contribution in [2.75, 3.05) is 18.4 Å². The molecule has 1 N–H and O–H groups in total. The van der Waals surface area contributed by atoms with Crippen molar-refractivity contribution in [2.45, 2.75) is 50.2 Å². The highest BCUT2D eigenvalue weighted by molar-refractivity contribution is 7.90. The zero-order valence-corrected chi connectivity index (χ0v) is 23.5. The van der Waals surface area contributed by atoms with Gasteiger partial charge >= 0.3 is 6.09 Å². The molecule has 204 valence electrons. The Kier molecular flexibility index (Phi) is 7.26. The number of rotatable bonds is 5. The lowest BCUT2D eigenvalue weighted by Crippen LogP contribution is -2.47. The van der Waals surface area contributed by atoms with Crippen molar-refractivity contribution in [3.8, 4) is 11.3 Å². The van der Waals surface area contributed by atoms with Crippen LogP contribution >= 0.6 is 11.6 Å². The number of hydrogen-bond acceptors (Lipinski definition) is 7. The molecule has 1 amide bonds. The number of amides is 1. The SMILES string of the molecule is CC(C)(C)OC(=O)N1CCCC(Nc2ncc(Cl)c(-c3cn(S(=O)(=O)c4ccccc4)c4ccccc34)n2)C1. The van der Waals surface area contributed by atoms with E-state index in [9.17, 15) is 13.2 Å². The molecule has 11 heteroatoms. The van der Waals surface area contributed by atoms with Gasteiger partial charge in [0, 0.05) is 36.3 Å². The summed E-state index contributed by atoms with van der Waals surface area (Å²) < 4.78 is 33.8. The Morgan fingerprint density at radius 2 is 1.82 bits per heavy atom. The van der Waals surface area contributed by atoms with Crippen molar-refractivity contribution in [1.82, 2.24) is 18.8 Å². The molecule has 0 aliphatic carbocycles. The summed E-state index contributed by atoms with van der Waals surface area (Å²) in [4.78, 5) is 23.5. The summed E-state index contributed by atoms with van der Waals surface area (Å²) in [5.74, 6) is 0.341. The number of aromatic nitrogens is 3. The Balaban J connectivity index is 1.46. The van der Waals surface area contributed by atoms with Crippen molar-refractivity contribution in [1.29, 1.82) is 0 Å². The Morgan fingerprint density at radius 3 is 2.56 bits per heavy atom. The smallest absolute Gasteiger partial charge is 0.410 e. The third-order valence-corrected chi connectivity index (χ3v) is 8.35. The molecule has 2 aromatic heterocycles. The summed E-state index contributed by atoms with van der Waals surface area (Å²) in [5.41, 5.74) is 0.923. The van der Waals surface area contributed by atoms with Crippen molar-refractivity contribution < 1.29 is 17.9 Å². The first-order chi connectivity index (χ1) is 18.5. The van der Waals surface area contributed by atoms with Crippen molar-refractivity contribution >= 4 is 44.6 Å². The third kappa shape index (κ3) is 5.72. The van der Waals surface area contributed by atoms with Crippen LogP contribution in [0.5, 0.6) is 0 Å². The number of carbonyl (C=O) groups is 1. The van der Waals surface area contributed by atoms with E-state index in [2.05, 4.69) is 15.3 Å². The quantitative estimate of drug-likeness (QED) is 0.325. The van der Waals surface area contributed by atoms with Gasteiger partial charge in [-0.3, -0.25) is 0 Å². The zero-order valence-electron chi connectivity index (χ0n) is 22.0. The predicted octanol–water partition coefficient (Wildman–Crippen LogP) is 5.80. The molecule has 2 aromatic carbocycles. The fourth-order valence-electron chi connectivity index (χ4n) is 4.64. The summed E-state index contributed by atoms with van der Waals surface area (Å²) in [6, 6.07) is 15.4. The van der Waals surface area contributed by atoms with Gasteiger partial charge in [-0.15, -0.1) is 0 Å². The van der Waals surface area contributed by atoms with E-state index in [-0.39, 0.29) is 17.0 Å². The minimum atomic E-state index is -3.86. The van der Waals surface area contributed by atoms with Gasteiger partial charge in [-0.05, 0) is 51.8 Å². The largest absolute Gasteiger partial charge is 0.444 e. The minimum Gasteiger partial charge on any atom is -0.444 e. The second-order valence-electron chi connectivity index (χ2n) is 10.5. The first kappa shape index (κ1) is 27.0. The number of piperidine rings is 1. The van der Waals surface area contributed by atoms with E-state index in [1.54, 1.807) is 53.6 Å². The number of carbonyl (C=O) groups excluding carboxylic acids is 1. The summed E-state index contributed by atoms with van der Waals surface area (Å²) in [5, 5.41) is 4.30. The standard InChI is InChI=1S/C28H30ClN5O4S/c1-28(2,3)38-27(35)33-15-9-10-19(17-33)31-26-30-16-23(29)25(32-26)22-18-34(24-14-8-7-13-21(22)24)39(36,37)20-11-5-4-6-12-20/h4-8,11-14,16,18-19H,9-10,15,17H2,1-3H3,(H,30,31,32). The summed E-state index contributed by atoms with van der Waals surface area (Å²) in [6.45, 7) is 6.60. The second-order valence-corrected chi connectivity index (χ2v) is 12.7. The molecular formula is C28H30ClN5O4S. The minimum absolute atomic E-state index is 0.0832. The van der Waals surface area contributed by atoms with E-state index in [4.69, 9.17) is 16.3 Å². The highest BCUT2D eigenvalue weighted by Crippen LogP contribution is 2.36. The highest BCUT2D eigenvalue weighted by atomic mass is 35.5. The van der Waals surface area contributed by atoms with Crippen LogP contribution < -0.4 is 5.32 Å². The molecule has 4 aromatic rings. The molecule has 1 saturated heterocycles. The van der Waals surface area contributed by atoms with Gasteiger partial charge in [-0.25, -0.2) is 27.2 Å².